The van der Waals surface area contributed by atoms with Gasteiger partial charge in [-0.05, 0) is 55.3 Å². The normalized spacial score (nSPS) is 15.2. The first-order valence-corrected chi connectivity index (χ1v) is 11.8. The topological polar surface area (TPSA) is 86.8 Å². The van der Waals surface area contributed by atoms with E-state index >= 15 is 0 Å². The van der Waals surface area contributed by atoms with E-state index in [9.17, 15) is 18.0 Å². The summed E-state index contributed by atoms with van der Waals surface area (Å²) in [7, 11) is -3.60. The summed E-state index contributed by atoms with van der Waals surface area (Å²) in [6, 6.07) is 12.2. The summed E-state index contributed by atoms with van der Waals surface area (Å²) in [5.74, 6) is -0.358. The van der Waals surface area contributed by atoms with Crippen LogP contribution in [0, 0.1) is 19.8 Å². The highest BCUT2D eigenvalue weighted by Crippen LogP contribution is 2.23. The van der Waals surface area contributed by atoms with Gasteiger partial charge in [0.25, 0.3) is 5.91 Å². The molecule has 1 saturated heterocycles. The first-order chi connectivity index (χ1) is 14.6. The van der Waals surface area contributed by atoms with Crippen LogP contribution in [-0.4, -0.2) is 55.6 Å². The highest BCUT2D eigenvalue weighted by molar-refractivity contribution is 7.89. The maximum Gasteiger partial charge on any atom is 0.253 e. The number of aryl methyl sites for hydroxylation is 2. The number of hydrogen-bond acceptors (Lipinski definition) is 4. The Morgan fingerprint density at radius 1 is 0.935 bits per heavy atom. The summed E-state index contributed by atoms with van der Waals surface area (Å²) >= 11 is 0. The van der Waals surface area contributed by atoms with E-state index in [0.29, 0.717) is 34.8 Å². The van der Waals surface area contributed by atoms with Crippen LogP contribution in [0.4, 0.5) is 5.69 Å². The fourth-order valence-electron chi connectivity index (χ4n) is 3.42. The number of sulfonamides is 1. The molecule has 0 unspecified atom stereocenters. The zero-order valence-electron chi connectivity index (χ0n) is 18.4. The number of anilines is 1. The second-order valence-corrected chi connectivity index (χ2v) is 10.1. The molecule has 1 aliphatic rings. The molecule has 1 aliphatic heterocycles. The Morgan fingerprint density at radius 3 is 2.13 bits per heavy atom. The lowest BCUT2D eigenvalue weighted by Crippen LogP contribution is -2.50. The molecule has 7 nitrogen and oxygen atoms in total. The fourth-order valence-corrected chi connectivity index (χ4v) is 5.15. The van der Waals surface area contributed by atoms with Gasteiger partial charge in [-0.1, -0.05) is 26.0 Å². The van der Waals surface area contributed by atoms with Gasteiger partial charge in [0, 0.05) is 43.3 Å². The van der Waals surface area contributed by atoms with Crippen molar-refractivity contribution in [3.63, 3.8) is 0 Å². The molecular weight excluding hydrogens is 414 g/mol. The van der Waals surface area contributed by atoms with Crippen LogP contribution in [0.25, 0.3) is 0 Å². The van der Waals surface area contributed by atoms with Gasteiger partial charge in [0.05, 0.1) is 4.90 Å². The van der Waals surface area contributed by atoms with Crippen LogP contribution >= 0.6 is 0 Å². The Bertz CT molecular complexity index is 1070. The van der Waals surface area contributed by atoms with Crippen LogP contribution < -0.4 is 5.32 Å². The Labute approximate surface area is 184 Å². The minimum absolute atomic E-state index is 0.0831. The minimum atomic E-state index is -3.60. The number of benzene rings is 2. The van der Waals surface area contributed by atoms with E-state index in [1.54, 1.807) is 42.2 Å². The number of carbonyl (C=O) groups excluding carboxylic acids is 2. The van der Waals surface area contributed by atoms with Crippen molar-refractivity contribution in [1.29, 1.82) is 0 Å². The molecule has 0 radical (unpaired) electrons. The summed E-state index contributed by atoms with van der Waals surface area (Å²) in [6.07, 6.45) is 0. The van der Waals surface area contributed by atoms with Gasteiger partial charge >= 0.3 is 0 Å². The summed E-state index contributed by atoms with van der Waals surface area (Å²) in [5, 5.41) is 2.80. The number of piperazine rings is 1. The van der Waals surface area contributed by atoms with Gasteiger partial charge in [-0.25, -0.2) is 8.42 Å². The van der Waals surface area contributed by atoms with E-state index in [2.05, 4.69) is 5.32 Å². The van der Waals surface area contributed by atoms with Crippen molar-refractivity contribution in [3.8, 4) is 0 Å². The van der Waals surface area contributed by atoms with Crippen LogP contribution in [0.15, 0.2) is 47.4 Å². The average Bonchev–Trinajstić information content (AvgIpc) is 2.75. The Hall–Kier alpha value is -2.71. The molecule has 2 amide bonds. The van der Waals surface area contributed by atoms with Crippen molar-refractivity contribution < 1.29 is 18.0 Å². The Balaban J connectivity index is 1.64. The molecule has 0 aromatic heterocycles. The highest BCUT2D eigenvalue weighted by Gasteiger charge is 2.31. The number of amides is 2. The van der Waals surface area contributed by atoms with Crippen molar-refractivity contribution >= 4 is 27.5 Å². The molecule has 3 rings (SSSR count). The van der Waals surface area contributed by atoms with E-state index < -0.39 is 10.0 Å². The molecule has 0 saturated carbocycles. The number of carbonyl (C=O) groups is 2. The van der Waals surface area contributed by atoms with Crippen LogP contribution in [0.1, 0.15) is 35.3 Å². The first kappa shape index (κ1) is 23.0. The maximum atomic E-state index is 13.1. The van der Waals surface area contributed by atoms with Crippen LogP contribution in [-0.2, 0) is 14.8 Å². The van der Waals surface area contributed by atoms with Gasteiger partial charge in [0.15, 0.2) is 0 Å². The second-order valence-electron chi connectivity index (χ2n) is 8.19. The third-order valence-corrected chi connectivity index (χ3v) is 7.45. The standard InChI is InChI=1S/C23H29N3O4S/c1-16(2)22(27)24-20-9-7-19(8-10-20)23(28)25-11-13-26(14-12-25)31(29,30)21-15-17(3)5-6-18(21)4/h5-10,15-16H,11-14H2,1-4H3,(H,24,27). The lowest BCUT2D eigenvalue weighted by molar-refractivity contribution is -0.118. The van der Waals surface area contributed by atoms with E-state index in [0.717, 1.165) is 5.56 Å². The number of hydrogen-bond donors (Lipinski definition) is 1. The van der Waals surface area contributed by atoms with Crippen molar-refractivity contribution in [2.24, 2.45) is 5.92 Å². The van der Waals surface area contributed by atoms with Gasteiger partial charge in [-0.15, -0.1) is 0 Å². The van der Waals surface area contributed by atoms with Gasteiger partial charge < -0.3 is 10.2 Å². The molecule has 0 spiro atoms. The average molecular weight is 444 g/mol. The quantitative estimate of drug-likeness (QED) is 0.770. The molecule has 2 aromatic carbocycles. The van der Waals surface area contributed by atoms with Crippen LogP contribution in [0.5, 0.6) is 0 Å². The van der Waals surface area contributed by atoms with Crippen molar-refractivity contribution in [1.82, 2.24) is 9.21 Å². The van der Waals surface area contributed by atoms with Crippen molar-refractivity contribution in [2.45, 2.75) is 32.6 Å². The Kier molecular flexibility index (Phi) is 6.81. The Morgan fingerprint density at radius 2 is 1.55 bits per heavy atom. The zero-order valence-corrected chi connectivity index (χ0v) is 19.2. The number of nitrogens with zero attached hydrogens (tertiary/aromatic N) is 2. The number of rotatable bonds is 5. The van der Waals surface area contributed by atoms with Gasteiger partial charge in [-0.2, -0.15) is 4.31 Å². The highest BCUT2D eigenvalue weighted by atomic mass is 32.2. The molecule has 2 aromatic rings. The van der Waals surface area contributed by atoms with E-state index in [-0.39, 0.29) is 30.8 Å². The predicted octanol–water partition coefficient (Wildman–Crippen LogP) is 3.04. The molecule has 0 aliphatic carbocycles. The number of nitrogens with one attached hydrogen (secondary N) is 1. The van der Waals surface area contributed by atoms with Gasteiger partial charge in [0.2, 0.25) is 15.9 Å². The molecule has 8 heteroatoms. The molecule has 166 valence electrons. The lowest BCUT2D eigenvalue weighted by atomic mass is 10.1. The van der Waals surface area contributed by atoms with Gasteiger partial charge in [-0.3, -0.25) is 9.59 Å². The third kappa shape index (κ3) is 5.14. The monoisotopic (exact) mass is 443 g/mol. The molecule has 1 fully saturated rings. The van der Waals surface area contributed by atoms with Crippen molar-refractivity contribution in [2.75, 3.05) is 31.5 Å². The summed E-state index contributed by atoms with van der Waals surface area (Å²) < 4.78 is 27.6. The fraction of sp³-hybridized carbons (Fsp3) is 0.391. The van der Waals surface area contributed by atoms with Crippen LogP contribution in [0.3, 0.4) is 0 Å². The molecule has 1 N–H and O–H groups in total. The van der Waals surface area contributed by atoms with Gasteiger partial charge in [0.1, 0.15) is 0 Å². The van der Waals surface area contributed by atoms with E-state index in [1.165, 1.54) is 4.31 Å². The van der Waals surface area contributed by atoms with Crippen molar-refractivity contribution in [3.05, 3.63) is 59.2 Å². The predicted molar refractivity (Wildman–Crippen MR) is 120 cm³/mol. The molecule has 0 bridgehead atoms. The zero-order chi connectivity index (χ0) is 22.8. The van der Waals surface area contributed by atoms with Crippen LogP contribution in [0.2, 0.25) is 0 Å². The third-order valence-electron chi connectivity index (χ3n) is 5.41. The molecule has 31 heavy (non-hydrogen) atoms. The summed E-state index contributed by atoms with van der Waals surface area (Å²) in [4.78, 5) is 26.6. The van der Waals surface area contributed by atoms with E-state index in [1.807, 2.05) is 32.9 Å². The molecule has 1 heterocycles. The molecular formula is C23H29N3O4S. The first-order valence-electron chi connectivity index (χ1n) is 10.4. The second kappa shape index (κ2) is 9.20. The summed E-state index contributed by atoms with van der Waals surface area (Å²) in [6.45, 7) is 8.45. The maximum absolute atomic E-state index is 13.1. The lowest BCUT2D eigenvalue weighted by Gasteiger charge is -2.34. The summed E-state index contributed by atoms with van der Waals surface area (Å²) in [5.41, 5.74) is 2.76. The molecule has 0 atom stereocenters. The minimum Gasteiger partial charge on any atom is -0.336 e. The SMILES string of the molecule is Cc1ccc(C)c(S(=O)(=O)N2CCN(C(=O)c3ccc(NC(=O)C(C)C)cc3)CC2)c1. The van der Waals surface area contributed by atoms with E-state index in [4.69, 9.17) is 0 Å². The largest absolute Gasteiger partial charge is 0.336 e. The smallest absolute Gasteiger partial charge is 0.253 e.